The van der Waals surface area contributed by atoms with Gasteiger partial charge in [-0.2, -0.15) is 5.26 Å². The molecule has 1 N–H and O–H groups in total. The van der Waals surface area contributed by atoms with Gasteiger partial charge in [-0.3, -0.25) is 4.90 Å². The third-order valence-electron chi connectivity index (χ3n) is 6.07. The zero-order chi connectivity index (χ0) is 16.6. The summed E-state index contributed by atoms with van der Waals surface area (Å²) in [5.41, 5.74) is 1.13. The van der Waals surface area contributed by atoms with Crippen molar-refractivity contribution >= 4 is 0 Å². The van der Waals surface area contributed by atoms with Crippen LogP contribution in [0.15, 0.2) is 24.3 Å². The number of fused-ring (bicyclic) bond motifs is 3. The topological polar surface area (TPSA) is 65.7 Å². The van der Waals surface area contributed by atoms with E-state index in [-0.39, 0.29) is 11.8 Å². The average Bonchev–Trinajstić information content (AvgIpc) is 2.63. The van der Waals surface area contributed by atoms with Gasteiger partial charge in [-0.25, -0.2) is 0 Å². The Kier molecular flexibility index (Phi) is 4.31. The predicted octanol–water partition coefficient (Wildman–Crippen LogP) is 1.55. The van der Waals surface area contributed by atoms with Crippen LogP contribution in [0.1, 0.15) is 24.0 Å². The van der Waals surface area contributed by atoms with Gasteiger partial charge in [-0.15, -0.1) is 0 Å². The lowest BCUT2D eigenvalue weighted by Gasteiger charge is -2.57. The van der Waals surface area contributed by atoms with Crippen LogP contribution in [0.5, 0.6) is 0 Å². The molecule has 4 atom stereocenters. The van der Waals surface area contributed by atoms with E-state index in [2.05, 4.69) is 11.0 Å². The summed E-state index contributed by atoms with van der Waals surface area (Å²) in [6.45, 7) is 4.17. The molecule has 1 aromatic carbocycles. The van der Waals surface area contributed by atoms with Gasteiger partial charge in [0.05, 0.1) is 30.4 Å². The molecular weight excluding hydrogens is 304 g/mol. The molecule has 0 radical (unpaired) electrons. The number of rotatable bonds is 2. The molecule has 5 heteroatoms. The van der Waals surface area contributed by atoms with Crippen LogP contribution in [0.25, 0.3) is 0 Å². The molecule has 3 heterocycles. The van der Waals surface area contributed by atoms with E-state index in [1.807, 2.05) is 24.3 Å². The Morgan fingerprint density at radius 2 is 2.08 bits per heavy atom. The van der Waals surface area contributed by atoms with Crippen molar-refractivity contribution in [1.82, 2.24) is 4.90 Å². The smallest absolute Gasteiger partial charge is 0.0995 e. The normalized spacial score (nSPS) is 36.4. The monoisotopic (exact) mass is 328 g/mol. The van der Waals surface area contributed by atoms with E-state index in [1.165, 1.54) is 0 Å². The van der Waals surface area contributed by atoms with E-state index in [9.17, 15) is 10.4 Å². The number of nitriles is 1. The summed E-state index contributed by atoms with van der Waals surface area (Å²) in [5, 5.41) is 20.7. The zero-order valence-electron chi connectivity index (χ0n) is 13.9. The lowest BCUT2D eigenvalue weighted by molar-refractivity contribution is -0.221. The van der Waals surface area contributed by atoms with Crippen molar-refractivity contribution < 1.29 is 14.6 Å². The molecule has 24 heavy (non-hydrogen) atoms. The standard InChI is InChI=1S/C19H24N2O3/c20-9-14-3-1-2-4-15(14)10-21-11-16-12-24-8-6-19(16,22)17-13-23-7-5-18(17)21/h1-4,16-18,22H,5-8,10-13H2/t16-,17+,18-,19-/m0/s1. The first-order valence-corrected chi connectivity index (χ1v) is 8.82. The van der Waals surface area contributed by atoms with Crippen LogP contribution < -0.4 is 0 Å². The molecule has 0 aliphatic carbocycles. The third-order valence-corrected chi connectivity index (χ3v) is 6.07. The van der Waals surface area contributed by atoms with Gasteiger partial charge in [0.2, 0.25) is 0 Å². The fourth-order valence-corrected chi connectivity index (χ4v) is 4.74. The molecule has 0 unspecified atom stereocenters. The number of ether oxygens (including phenoxy) is 2. The second kappa shape index (κ2) is 6.45. The lowest BCUT2D eigenvalue weighted by Crippen LogP contribution is -2.67. The van der Waals surface area contributed by atoms with E-state index in [0.29, 0.717) is 32.3 Å². The first kappa shape index (κ1) is 16.0. The number of hydrogen-bond donors (Lipinski definition) is 1. The fourth-order valence-electron chi connectivity index (χ4n) is 4.74. The van der Waals surface area contributed by atoms with Crippen LogP contribution in [0.2, 0.25) is 0 Å². The van der Waals surface area contributed by atoms with Gasteiger partial charge in [0.1, 0.15) is 0 Å². The molecule has 3 saturated heterocycles. The summed E-state index contributed by atoms with van der Waals surface area (Å²) >= 11 is 0. The maximum Gasteiger partial charge on any atom is 0.0995 e. The van der Waals surface area contributed by atoms with Crippen molar-refractivity contribution in [3.8, 4) is 6.07 Å². The van der Waals surface area contributed by atoms with Crippen LogP contribution in [-0.4, -0.2) is 54.6 Å². The van der Waals surface area contributed by atoms with Gasteiger partial charge < -0.3 is 14.6 Å². The summed E-state index contributed by atoms with van der Waals surface area (Å²) in [5.74, 6) is 0.242. The molecule has 128 valence electrons. The lowest BCUT2D eigenvalue weighted by atomic mass is 9.66. The zero-order valence-corrected chi connectivity index (χ0v) is 13.9. The van der Waals surface area contributed by atoms with Gasteiger partial charge in [0.25, 0.3) is 0 Å². The molecule has 5 nitrogen and oxygen atoms in total. The van der Waals surface area contributed by atoms with Crippen molar-refractivity contribution in [3.05, 3.63) is 35.4 Å². The first-order chi connectivity index (χ1) is 11.7. The molecule has 0 bridgehead atoms. The van der Waals surface area contributed by atoms with Crippen molar-refractivity contribution in [1.29, 1.82) is 5.26 Å². The molecule has 0 aromatic heterocycles. The molecular formula is C19H24N2O3. The number of likely N-dealkylation sites (tertiary alicyclic amines) is 1. The highest BCUT2D eigenvalue weighted by Gasteiger charge is 2.55. The average molecular weight is 328 g/mol. The van der Waals surface area contributed by atoms with Crippen LogP contribution in [0, 0.1) is 23.2 Å². The van der Waals surface area contributed by atoms with E-state index >= 15 is 0 Å². The largest absolute Gasteiger partial charge is 0.389 e. The third kappa shape index (κ3) is 2.64. The van der Waals surface area contributed by atoms with Crippen LogP contribution in [0.4, 0.5) is 0 Å². The van der Waals surface area contributed by atoms with E-state index in [0.717, 1.165) is 37.2 Å². The molecule has 3 aliphatic rings. The molecule has 0 spiro atoms. The Hall–Kier alpha value is -1.45. The molecule has 3 aliphatic heterocycles. The Balaban J connectivity index is 1.62. The van der Waals surface area contributed by atoms with E-state index in [4.69, 9.17) is 9.47 Å². The number of hydrogen-bond acceptors (Lipinski definition) is 5. The van der Waals surface area contributed by atoms with Crippen molar-refractivity contribution in [2.45, 2.75) is 31.0 Å². The molecule has 1 aromatic rings. The molecule has 0 amide bonds. The van der Waals surface area contributed by atoms with Crippen molar-refractivity contribution in [2.24, 2.45) is 11.8 Å². The summed E-state index contributed by atoms with van der Waals surface area (Å²) in [6.07, 6.45) is 1.64. The fraction of sp³-hybridized carbons (Fsp3) is 0.632. The van der Waals surface area contributed by atoms with E-state index in [1.54, 1.807) is 0 Å². The maximum absolute atomic E-state index is 11.3. The second-order valence-corrected chi connectivity index (χ2v) is 7.25. The van der Waals surface area contributed by atoms with Crippen LogP contribution in [-0.2, 0) is 16.0 Å². The predicted molar refractivity (Wildman–Crippen MR) is 88.2 cm³/mol. The summed E-state index contributed by atoms with van der Waals surface area (Å²) in [4.78, 5) is 2.44. The molecule has 3 fully saturated rings. The van der Waals surface area contributed by atoms with Gasteiger partial charge in [-0.05, 0) is 18.1 Å². The Morgan fingerprint density at radius 3 is 2.96 bits per heavy atom. The number of piperidine rings is 1. The van der Waals surface area contributed by atoms with Gasteiger partial charge in [0, 0.05) is 50.6 Å². The second-order valence-electron chi connectivity index (χ2n) is 7.25. The van der Waals surface area contributed by atoms with E-state index < -0.39 is 5.60 Å². The highest BCUT2D eigenvalue weighted by molar-refractivity contribution is 5.37. The van der Waals surface area contributed by atoms with Crippen LogP contribution >= 0.6 is 0 Å². The quantitative estimate of drug-likeness (QED) is 0.892. The summed E-state index contributed by atoms with van der Waals surface area (Å²) < 4.78 is 11.4. The highest BCUT2D eigenvalue weighted by Crippen LogP contribution is 2.44. The minimum Gasteiger partial charge on any atom is -0.389 e. The SMILES string of the molecule is N#Cc1ccccc1CN1C[C@H]2COCC[C@@]2(O)[C@@H]2COCC[C@@H]21. The van der Waals surface area contributed by atoms with Crippen molar-refractivity contribution in [2.75, 3.05) is 33.0 Å². The summed E-state index contributed by atoms with van der Waals surface area (Å²) in [7, 11) is 0. The Bertz CT molecular complexity index is 644. The minimum absolute atomic E-state index is 0.114. The molecule has 4 rings (SSSR count). The molecule has 0 saturated carbocycles. The number of aliphatic hydroxyl groups is 1. The van der Waals surface area contributed by atoms with Crippen molar-refractivity contribution in [3.63, 3.8) is 0 Å². The maximum atomic E-state index is 11.3. The highest BCUT2D eigenvalue weighted by atomic mass is 16.5. The van der Waals surface area contributed by atoms with Gasteiger partial charge in [-0.1, -0.05) is 18.2 Å². The van der Waals surface area contributed by atoms with Gasteiger partial charge >= 0.3 is 0 Å². The summed E-state index contributed by atoms with van der Waals surface area (Å²) in [6, 6.07) is 10.4. The first-order valence-electron chi connectivity index (χ1n) is 8.82. The Morgan fingerprint density at radius 1 is 1.25 bits per heavy atom. The van der Waals surface area contributed by atoms with Gasteiger partial charge in [0.15, 0.2) is 0 Å². The number of nitrogens with zero attached hydrogens (tertiary/aromatic N) is 2. The Labute approximate surface area is 142 Å². The van der Waals surface area contributed by atoms with Crippen LogP contribution in [0.3, 0.4) is 0 Å². The number of benzene rings is 1. The minimum atomic E-state index is -0.672.